The Bertz CT molecular complexity index is 757. The fraction of sp³-hybridized carbons (Fsp3) is 0.211. The largest absolute Gasteiger partial charge is 0.312 e. The van der Waals surface area contributed by atoms with E-state index in [1.54, 1.807) is 0 Å². The molecular weight excluding hydrogens is 302 g/mol. The Labute approximate surface area is 141 Å². The zero-order chi connectivity index (χ0) is 16.9. The number of benzene rings is 2. The first kappa shape index (κ1) is 15.9. The Morgan fingerprint density at radius 1 is 1.12 bits per heavy atom. The minimum atomic E-state index is -0.146. The van der Waals surface area contributed by atoms with Gasteiger partial charge in [0.2, 0.25) is 5.91 Å². The number of rotatable bonds is 4. The highest BCUT2D eigenvalue weighted by atomic mass is 16.2. The molecular formula is C19H19N3O2. The third-order valence-corrected chi connectivity index (χ3v) is 3.92. The molecule has 1 N–H and O–H groups in total. The number of amides is 2. The van der Waals surface area contributed by atoms with Crippen LogP contribution in [0.5, 0.6) is 0 Å². The molecule has 0 saturated carbocycles. The molecule has 1 aliphatic rings. The fourth-order valence-corrected chi connectivity index (χ4v) is 2.66. The first-order valence-corrected chi connectivity index (χ1v) is 7.94. The van der Waals surface area contributed by atoms with Crippen LogP contribution in [0.2, 0.25) is 0 Å². The van der Waals surface area contributed by atoms with Gasteiger partial charge in [0.05, 0.1) is 12.1 Å². The highest BCUT2D eigenvalue weighted by Crippen LogP contribution is 2.20. The molecule has 122 valence electrons. The van der Waals surface area contributed by atoms with Crippen molar-refractivity contribution in [2.75, 3.05) is 5.01 Å². The maximum Gasteiger partial charge on any atom is 0.255 e. The summed E-state index contributed by atoms with van der Waals surface area (Å²) in [6.45, 7) is 2.01. The molecule has 0 fully saturated rings. The van der Waals surface area contributed by atoms with E-state index in [1.165, 1.54) is 5.01 Å². The van der Waals surface area contributed by atoms with Crippen molar-refractivity contribution in [3.8, 4) is 0 Å². The van der Waals surface area contributed by atoms with Crippen LogP contribution in [-0.4, -0.2) is 17.6 Å². The van der Waals surface area contributed by atoms with Crippen molar-refractivity contribution >= 4 is 23.3 Å². The highest BCUT2D eigenvalue weighted by molar-refractivity contribution is 6.15. The Morgan fingerprint density at radius 3 is 2.42 bits per heavy atom. The SMILES string of the molecule is CC(CC(=O)NC1=NN(c2ccccc2)C(=O)C1)c1ccccc1. The molecule has 1 heterocycles. The maximum atomic E-state index is 12.2. The molecule has 0 bridgehead atoms. The molecule has 5 nitrogen and oxygen atoms in total. The van der Waals surface area contributed by atoms with Gasteiger partial charge in [0.25, 0.3) is 5.91 Å². The molecule has 1 aliphatic heterocycles. The number of amidine groups is 1. The van der Waals surface area contributed by atoms with E-state index >= 15 is 0 Å². The molecule has 0 aromatic heterocycles. The van der Waals surface area contributed by atoms with Crippen molar-refractivity contribution in [3.05, 3.63) is 66.2 Å². The normalized spacial score (nSPS) is 15.1. The summed E-state index contributed by atoms with van der Waals surface area (Å²) in [5.74, 6) is 0.226. The average molecular weight is 321 g/mol. The van der Waals surface area contributed by atoms with Gasteiger partial charge in [0.1, 0.15) is 5.84 Å². The standard InChI is InChI=1S/C19H19N3O2/c1-14(15-8-4-2-5-9-15)12-18(23)20-17-13-19(24)22(21-17)16-10-6-3-7-11-16/h2-11,14H,12-13H2,1H3,(H,20,21,23). The van der Waals surface area contributed by atoms with E-state index in [9.17, 15) is 9.59 Å². The van der Waals surface area contributed by atoms with Crippen LogP contribution in [0, 0.1) is 0 Å². The van der Waals surface area contributed by atoms with Crippen molar-refractivity contribution in [2.24, 2.45) is 5.10 Å². The monoisotopic (exact) mass is 321 g/mol. The van der Waals surface area contributed by atoms with Gasteiger partial charge < -0.3 is 5.32 Å². The van der Waals surface area contributed by atoms with Gasteiger partial charge in [-0.2, -0.15) is 10.1 Å². The maximum absolute atomic E-state index is 12.2. The predicted molar refractivity (Wildman–Crippen MR) is 93.6 cm³/mol. The molecule has 1 atom stereocenters. The number of nitrogens with zero attached hydrogens (tertiary/aromatic N) is 2. The third kappa shape index (κ3) is 3.68. The van der Waals surface area contributed by atoms with Crippen molar-refractivity contribution in [3.63, 3.8) is 0 Å². The summed E-state index contributed by atoms with van der Waals surface area (Å²) in [5.41, 5.74) is 1.81. The van der Waals surface area contributed by atoms with Crippen molar-refractivity contribution in [1.29, 1.82) is 0 Å². The summed E-state index contributed by atoms with van der Waals surface area (Å²) in [5, 5.41) is 8.32. The number of para-hydroxylation sites is 1. The van der Waals surface area contributed by atoms with Gasteiger partial charge in [0, 0.05) is 6.42 Å². The molecule has 0 saturated heterocycles. The zero-order valence-corrected chi connectivity index (χ0v) is 13.5. The molecule has 24 heavy (non-hydrogen) atoms. The van der Waals surface area contributed by atoms with Gasteiger partial charge in [0.15, 0.2) is 0 Å². The second kappa shape index (κ2) is 7.08. The number of carbonyl (C=O) groups is 2. The van der Waals surface area contributed by atoms with Gasteiger partial charge in [-0.25, -0.2) is 0 Å². The smallest absolute Gasteiger partial charge is 0.255 e. The van der Waals surface area contributed by atoms with Crippen LogP contribution in [0.4, 0.5) is 5.69 Å². The molecule has 0 aliphatic carbocycles. The minimum absolute atomic E-state index is 0.106. The molecule has 2 amide bonds. The van der Waals surface area contributed by atoms with E-state index in [0.29, 0.717) is 17.9 Å². The van der Waals surface area contributed by atoms with Gasteiger partial charge in [-0.1, -0.05) is 55.5 Å². The summed E-state index contributed by atoms with van der Waals surface area (Å²) in [4.78, 5) is 24.3. The van der Waals surface area contributed by atoms with E-state index < -0.39 is 0 Å². The molecule has 0 spiro atoms. The van der Waals surface area contributed by atoms with E-state index in [4.69, 9.17) is 0 Å². The quantitative estimate of drug-likeness (QED) is 0.941. The Morgan fingerprint density at radius 2 is 1.75 bits per heavy atom. The topological polar surface area (TPSA) is 61.8 Å². The van der Waals surface area contributed by atoms with Crippen LogP contribution in [-0.2, 0) is 9.59 Å². The lowest BCUT2D eigenvalue weighted by Crippen LogP contribution is -2.30. The lowest BCUT2D eigenvalue weighted by atomic mass is 9.97. The average Bonchev–Trinajstić information content (AvgIpc) is 2.96. The Balaban J connectivity index is 1.62. The summed E-state index contributed by atoms with van der Waals surface area (Å²) >= 11 is 0. The van der Waals surface area contributed by atoms with Gasteiger partial charge >= 0.3 is 0 Å². The van der Waals surface area contributed by atoms with E-state index in [2.05, 4.69) is 10.4 Å². The van der Waals surface area contributed by atoms with E-state index in [1.807, 2.05) is 67.6 Å². The van der Waals surface area contributed by atoms with Crippen LogP contribution in [0.15, 0.2) is 65.8 Å². The van der Waals surface area contributed by atoms with Crippen LogP contribution in [0.1, 0.15) is 31.2 Å². The number of hydrazone groups is 1. The van der Waals surface area contributed by atoms with Crippen molar-refractivity contribution in [1.82, 2.24) is 5.32 Å². The number of nitrogens with one attached hydrogen (secondary N) is 1. The zero-order valence-electron chi connectivity index (χ0n) is 13.5. The second-order valence-corrected chi connectivity index (χ2v) is 5.83. The number of hydrogen-bond acceptors (Lipinski definition) is 3. The Hall–Kier alpha value is -2.95. The van der Waals surface area contributed by atoms with E-state index in [0.717, 1.165) is 5.56 Å². The minimum Gasteiger partial charge on any atom is -0.312 e. The summed E-state index contributed by atoms with van der Waals surface area (Å²) in [6.07, 6.45) is 0.461. The molecule has 2 aromatic carbocycles. The Kier molecular flexibility index (Phi) is 4.70. The summed E-state index contributed by atoms with van der Waals surface area (Å²) in [6, 6.07) is 19.1. The van der Waals surface area contributed by atoms with Gasteiger partial charge in [-0.15, -0.1) is 0 Å². The molecule has 5 heteroatoms. The van der Waals surface area contributed by atoms with E-state index in [-0.39, 0.29) is 24.2 Å². The number of carbonyl (C=O) groups excluding carboxylic acids is 2. The predicted octanol–water partition coefficient (Wildman–Crippen LogP) is 3.05. The second-order valence-electron chi connectivity index (χ2n) is 5.83. The molecule has 0 radical (unpaired) electrons. The number of anilines is 1. The highest BCUT2D eigenvalue weighted by Gasteiger charge is 2.26. The molecule has 2 aromatic rings. The van der Waals surface area contributed by atoms with Crippen LogP contribution in [0.25, 0.3) is 0 Å². The third-order valence-electron chi connectivity index (χ3n) is 3.92. The first-order valence-electron chi connectivity index (χ1n) is 7.94. The number of hydrogen-bond donors (Lipinski definition) is 1. The summed E-state index contributed by atoms with van der Waals surface area (Å²) in [7, 11) is 0. The molecule has 1 unspecified atom stereocenters. The van der Waals surface area contributed by atoms with Crippen molar-refractivity contribution < 1.29 is 9.59 Å². The van der Waals surface area contributed by atoms with Gasteiger partial charge in [-0.05, 0) is 23.6 Å². The van der Waals surface area contributed by atoms with Gasteiger partial charge in [-0.3, -0.25) is 9.59 Å². The lowest BCUT2D eigenvalue weighted by molar-refractivity contribution is -0.120. The first-order chi connectivity index (χ1) is 11.6. The van der Waals surface area contributed by atoms with Crippen LogP contribution < -0.4 is 10.3 Å². The van der Waals surface area contributed by atoms with Crippen LogP contribution >= 0.6 is 0 Å². The van der Waals surface area contributed by atoms with Crippen LogP contribution in [0.3, 0.4) is 0 Å². The fourth-order valence-electron chi connectivity index (χ4n) is 2.66. The lowest BCUT2D eigenvalue weighted by Gasteiger charge is -2.11. The van der Waals surface area contributed by atoms with Crippen molar-refractivity contribution in [2.45, 2.75) is 25.7 Å². The summed E-state index contributed by atoms with van der Waals surface area (Å²) < 4.78 is 0. The molecule has 3 rings (SSSR count).